The first-order valence-corrected chi connectivity index (χ1v) is 9.53. The number of hydrogen-bond donors (Lipinski definition) is 3. The van der Waals surface area contributed by atoms with Gasteiger partial charge in [0.25, 0.3) is 5.91 Å². The lowest BCUT2D eigenvalue weighted by atomic mass is 9.96. The van der Waals surface area contributed by atoms with Crippen LogP contribution in [0.25, 0.3) is 0 Å². The summed E-state index contributed by atoms with van der Waals surface area (Å²) in [4.78, 5) is 15.7. The second-order valence-corrected chi connectivity index (χ2v) is 8.54. The van der Waals surface area contributed by atoms with E-state index in [2.05, 4.69) is 10.3 Å². The number of amides is 1. The van der Waals surface area contributed by atoms with E-state index in [9.17, 15) is 22.7 Å². The molecule has 1 heterocycles. The summed E-state index contributed by atoms with van der Waals surface area (Å²) in [6.45, 7) is 2.96. The van der Waals surface area contributed by atoms with Crippen LogP contribution in [0.1, 0.15) is 36.3 Å². The maximum Gasteiger partial charge on any atom is 0.252 e. The van der Waals surface area contributed by atoms with Gasteiger partial charge in [-0.15, -0.1) is 0 Å². The van der Waals surface area contributed by atoms with Crippen LogP contribution in [0.5, 0.6) is 0 Å². The third-order valence-electron chi connectivity index (χ3n) is 3.42. The van der Waals surface area contributed by atoms with E-state index in [-0.39, 0.29) is 23.4 Å². The van der Waals surface area contributed by atoms with Crippen molar-refractivity contribution in [3.05, 3.63) is 23.5 Å². The molecular weight excluding hydrogens is 337 g/mol. The topological polar surface area (TPSA) is 122 Å². The molecule has 0 fully saturated rings. The lowest BCUT2D eigenvalue weighted by Gasteiger charge is -2.23. The molecule has 136 valence electrons. The van der Waals surface area contributed by atoms with Crippen molar-refractivity contribution in [3.8, 4) is 0 Å². The summed E-state index contributed by atoms with van der Waals surface area (Å²) in [5.74, 6) is -0.763. The van der Waals surface area contributed by atoms with Crippen molar-refractivity contribution in [2.75, 3.05) is 23.9 Å². The van der Waals surface area contributed by atoms with Crippen LogP contribution in [0.4, 0.5) is 10.1 Å². The Morgan fingerprint density at radius 3 is 2.62 bits per heavy atom. The Hall–Kier alpha value is -1.74. The maximum absolute atomic E-state index is 14.1. The van der Waals surface area contributed by atoms with Crippen molar-refractivity contribution in [1.29, 1.82) is 0 Å². The van der Waals surface area contributed by atoms with Gasteiger partial charge in [0.15, 0.2) is 0 Å². The van der Waals surface area contributed by atoms with Crippen molar-refractivity contribution in [2.24, 2.45) is 5.73 Å². The molecule has 24 heavy (non-hydrogen) atoms. The molecule has 1 aromatic rings. The van der Waals surface area contributed by atoms with E-state index in [0.29, 0.717) is 18.7 Å². The lowest BCUT2D eigenvalue weighted by Crippen LogP contribution is -2.35. The Kier molecular flexibility index (Phi) is 6.67. The molecule has 0 aliphatic heterocycles. The molecule has 4 N–H and O–H groups in total. The Morgan fingerprint density at radius 2 is 2.12 bits per heavy atom. The summed E-state index contributed by atoms with van der Waals surface area (Å²) >= 11 is 0. The molecule has 1 rings (SSSR count). The Bertz CT molecular complexity index is 686. The van der Waals surface area contributed by atoms with E-state index in [1.807, 2.05) is 0 Å². The van der Waals surface area contributed by atoms with Gasteiger partial charge in [0.2, 0.25) is 0 Å². The normalized spacial score (nSPS) is 13.5. The highest BCUT2D eigenvalue weighted by molar-refractivity contribution is 7.90. The summed E-state index contributed by atoms with van der Waals surface area (Å²) in [7, 11) is -3.07. The average molecular weight is 361 g/mol. The van der Waals surface area contributed by atoms with Crippen LogP contribution in [0, 0.1) is 0 Å². The SMILES string of the molecule is CC(C)(O)C(F)Cc1nccc(NCCCS(C)(=O)=O)c1C(N)=O. The summed E-state index contributed by atoms with van der Waals surface area (Å²) in [5, 5.41) is 12.6. The standard InChI is InChI=1S/C15H24FN3O4S/c1-15(2,21)12(16)9-11-13(14(17)20)10(5-7-19-11)18-6-4-8-24(3,22)23/h5,7,12,21H,4,6,8-9H2,1-3H3,(H2,17,20)(H,18,19). The van der Waals surface area contributed by atoms with Crippen molar-refractivity contribution in [2.45, 2.75) is 38.5 Å². The number of carbonyl (C=O) groups excluding carboxylic acids is 1. The Morgan fingerprint density at radius 1 is 1.50 bits per heavy atom. The molecule has 1 unspecified atom stereocenters. The number of primary amides is 1. The highest BCUT2D eigenvalue weighted by Crippen LogP contribution is 2.23. The van der Waals surface area contributed by atoms with Gasteiger partial charge in [0, 0.05) is 25.4 Å². The predicted molar refractivity (Wildman–Crippen MR) is 90.5 cm³/mol. The molecule has 0 bridgehead atoms. The number of carbonyl (C=O) groups is 1. The monoisotopic (exact) mass is 361 g/mol. The predicted octanol–water partition coefficient (Wildman–Crippen LogP) is 0.679. The fraction of sp³-hybridized carbons (Fsp3) is 0.600. The number of rotatable bonds is 9. The summed E-state index contributed by atoms with van der Waals surface area (Å²) in [5.41, 5.74) is 4.35. The van der Waals surface area contributed by atoms with Gasteiger partial charge in [0.05, 0.1) is 28.3 Å². The van der Waals surface area contributed by atoms with Crippen LogP contribution in [-0.4, -0.2) is 54.7 Å². The van der Waals surface area contributed by atoms with Crippen molar-refractivity contribution in [1.82, 2.24) is 4.98 Å². The molecular formula is C15H24FN3O4S. The van der Waals surface area contributed by atoms with Crippen molar-refractivity contribution in [3.63, 3.8) is 0 Å². The second kappa shape index (κ2) is 7.89. The van der Waals surface area contributed by atoms with Gasteiger partial charge < -0.3 is 16.2 Å². The van der Waals surface area contributed by atoms with E-state index < -0.39 is 27.5 Å². The molecule has 7 nitrogen and oxygen atoms in total. The van der Waals surface area contributed by atoms with Crippen LogP contribution in [-0.2, 0) is 16.3 Å². The van der Waals surface area contributed by atoms with Gasteiger partial charge >= 0.3 is 0 Å². The largest absolute Gasteiger partial charge is 0.387 e. The number of nitrogens with two attached hydrogens (primary N) is 1. The maximum atomic E-state index is 14.1. The van der Waals surface area contributed by atoms with E-state index >= 15 is 0 Å². The zero-order chi connectivity index (χ0) is 18.5. The number of nitrogens with zero attached hydrogens (tertiary/aromatic N) is 1. The molecule has 0 saturated heterocycles. The lowest BCUT2D eigenvalue weighted by molar-refractivity contribution is -0.00307. The van der Waals surface area contributed by atoms with Crippen LogP contribution in [0.3, 0.4) is 0 Å². The number of alkyl halides is 1. The molecule has 0 saturated carbocycles. The van der Waals surface area contributed by atoms with Crippen LogP contribution < -0.4 is 11.1 Å². The summed E-state index contributed by atoms with van der Waals surface area (Å²) < 4.78 is 36.3. The fourth-order valence-electron chi connectivity index (χ4n) is 2.06. The second-order valence-electron chi connectivity index (χ2n) is 6.28. The van der Waals surface area contributed by atoms with E-state index in [0.717, 1.165) is 6.26 Å². The molecule has 1 amide bonds. The number of aliphatic hydroxyl groups is 1. The van der Waals surface area contributed by atoms with Crippen molar-refractivity contribution >= 4 is 21.4 Å². The first-order chi connectivity index (χ1) is 10.9. The summed E-state index contributed by atoms with van der Waals surface area (Å²) in [6.07, 6.45) is 1.01. The highest BCUT2D eigenvalue weighted by Gasteiger charge is 2.29. The minimum Gasteiger partial charge on any atom is -0.387 e. The zero-order valence-corrected chi connectivity index (χ0v) is 14.9. The first kappa shape index (κ1) is 20.3. The number of nitrogens with one attached hydrogen (secondary N) is 1. The number of halogens is 1. The van der Waals surface area contributed by atoms with Gasteiger partial charge in [-0.2, -0.15) is 0 Å². The van der Waals surface area contributed by atoms with Crippen LogP contribution >= 0.6 is 0 Å². The molecule has 9 heteroatoms. The average Bonchev–Trinajstić information content (AvgIpc) is 2.41. The first-order valence-electron chi connectivity index (χ1n) is 7.47. The molecule has 0 radical (unpaired) electrons. The van der Waals surface area contributed by atoms with Crippen LogP contribution in [0.15, 0.2) is 12.3 Å². The quantitative estimate of drug-likeness (QED) is 0.556. The molecule has 1 atom stereocenters. The summed E-state index contributed by atoms with van der Waals surface area (Å²) in [6, 6.07) is 1.52. The fourth-order valence-corrected chi connectivity index (χ4v) is 2.73. The van der Waals surface area contributed by atoms with Gasteiger partial charge in [-0.1, -0.05) is 0 Å². The number of hydrogen-bond acceptors (Lipinski definition) is 6. The highest BCUT2D eigenvalue weighted by atomic mass is 32.2. The molecule has 0 spiro atoms. The molecule has 1 aromatic heterocycles. The third-order valence-corrected chi connectivity index (χ3v) is 4.45. The smallest absolute Gasteiger partial charge is 0.252 e. The van der Waals surface area contributed by atoms with Crippen LogP contribution in [0.2, 0.25) is 0 Å². The molecule has 0 aromatic carbocycles. The molecule has 0 aliphatic rings. The number of pyridine rings is 1. The third kappa shape index (κ3) is 6.40. The van der Waals surface area contributed by atoms with Gasteiger partial charge in [-0.3, -0.25) is 9.78 Å². The number of sulfone groups is 1. The molecule has 0 aliphatic carbocycles. The Labute approximate surface area is 141 Å². The van der Waals surface area contributed by atoms with Gasteiger partial charge in [-0.05, 0) is 26.3 Å². The van der Waals surface area contributed by atoms with Gasteiger partial charge in [0.1, 0.15) is 16.0 Å². The zero-order valence-electron chi connectivity index (χ0n) is 14.0. The van der Waals surface area contributed by atoms with E-state index in [1.54, 1.807) is 0 Å². The number of anilines is 1. The number of aromatic nitrogens is 1. The van der Waals surface area contributed by atoms with Gasteiger partial charge in [-0.25, -0.2) is 12.8 Å². The Balaban J connectivity index is 2.93. The minimum absolute atomic E-state index is 0.00903. The van der Waals surface area contributed by atoms with E-state index in [1.165, 1.54) is 26.1 Å². The van der Waals surface area contributed by atoms with E-state index in [4.69, 9.17) is 5.73 Å². The minimum atomic E-state index is -3.07. The van der Waals surface area contributed by atoms with Crippen molar-refractivity contribution < 1.29 is 22.7 Å².